The highest BCUT2D eigenvalue weighted by molar-refractivity contribution is 6.56. The van der Waals surface area contributed by atoms with Crippen LogP contribution in [0.1, 0.15) is 6.92 Å². The molecule has 0 bridgehead atoms. The Balaban J connectivity index is 3.83. The van der Waals surface area contributed by atoms with Gasteiger partial charge in [0, 0.05) is 20.6 Å². The fraction of sp³-hybridized carbons (Fsp3) is 0.800. The van der Waals surface area contributed by atoms with Crippen molar-refractivity contribution in [1.82, 2.24) is 10.0 Å². The maximum atomic E-state index is 10.7. The summed E-state index contributed by atoms with van der Waals surface area (Å²) in [5, 5.41) is 3.43. The summed E-state index contributed by atoms with van der Waals surface area (Å²) in [6.45, 7) is 2.68. The number of hydrogen-bond acceptors (Lipinski definition) is 2. The molecule has 0 atom stereocenters. The zero-order valence-corrected chi connectivity index (χ0v) is 6.51. The van der Waals surface area contributed by atoms with Crippen LogP contribution >= 0.6 is 0 Å². The molecule has 0 unspecified atom stereocenters. The van der Waals surface area contributed by atoms with Crippen LogP contribution in [0.15, 0.2) is 0 Å². The van der Waals surface area contributed by atoms with Crippen LogP contribution in [-0.2, 0) is 0 Å². The highest BCUT2D eigenvalue weighted by Crippen LogP contribution is 1.89. The molecule has 0 aliphatic rings. The van der Waals surface area contributed by atoms with E-state index >= 15 is 0 Å². The molecule has 0 saturated heterocycles. The van der Waals surface area contributed by atoms with Crippen LogP contribution < -0.4 is 0 Å². The van der Waals surface area contributed by atoms with Gasteiger partial charge in [-0.15, -0.1) is 0 Å². The van der Waals surface area contributed by atoms with E-state index in [4.69, 9.17) is 0 Å². The van der Waals surface area contributed by atoms with E-state index in [2.05, 4.69) is 0 Å². The number of rotatable bonds is 2. The zero-order chi connectivity index (χ0) is 7.44. The Hall–Kier alpha value is -0.505. The molecule has 9 heavy (non-hydrogen) atoms. The summed E-state index contributed by atoms with van der Waals surface area (Å²) < 4.78 is 0. The molecule has 0 fully saturated rings. The number of carbonyl (C=O) groups is 1. The lowest BCUT2D eigenvalue weighted by atomic mass is 10.1. The summed E-state index contributed by atoms with van der Waals surface area (Å²) in [7, 11) is 5.26. The van der Waals surface area contributed by atoms with E-state index in [-0.39, 0.29) is 5.81 Å². The van der Waals surface area contributed by atoms with E-state index in [1.54, 1.807) is 17.9 Å². The molecule has 0 aliphatic heterocycles. The van der Waals surface area contributed by atoms with E-state index in [1.807, 2.05) is 21.0 Å². The fourth-order valence-electron chi connectivity index (χ4n) is 0.787. The first kappa shape index (κ1) is 8.49. The first-order chi connectivity index (χ1) is 4.09. The third kappa shape index (κ3) is 2.51. The summed E-state index contributed by atoms with van der Waals surface area (Å²) >= 11 is 0. The standard InChI is InChI=1S/C5H13BN2O/c1-4-8(5(6)9)7(2)3/h4,6H2,1-3H3. The molecule has 4 heteroatoms. The second-order valence-corrected chi connectivity index (χ2v) is 2.08. The SMILES string of the molecule is BC(=O)N(CC)N(C)C. The third-order valence-corrected chi connectivity index (χ3v) is 1.15. The minimum absolute atomic E-state index is 0.0856. The minimum atomic E-state index is 0.0856. The van der Waals surface area contributed by atoms with Crippen molar-refractivity contribution in [2.75, 3.05) is 20.6 Å². The van der Waals surface area contributed by atoms with Gasteiger partial charge in [0.1, 0.15) is 0 Å². The van der Waals surface area contributed by atoms with Gasteiger partial charge in [0.15, 0.2) is 5.81 Å². The summed E-state index contributed by atoms with van der Waals surface area (Å²) in [6, 6.07) is 0. The van der Waals surface area contributed by atoms with Crippen molar-refractivity contribution >= 4 is 13.7 Å². The van der Waals surface area contributed by atoms with E-state index < -0.39 is 0 Å². The van der Waals surface area contributed by atoms with Gasteiger partial charge in [-0.3, -0.25) is 9.80 Å². The van der Waals surface area contributed by atoms with Gasteiger partial charge < -0.3 is 0 Å². The Kier molecular flexibility index (Phi) is 3.31. The second-order valence-electron chi connectivity index (χ2n) is 2.08. The predicted molar refractivity (Wildman–Crippen MR) is 40.0 cm³/mol. The third-order valence-electron chi connectivity index (χ3n) is 1.15. The molecule has 0 aliphatic carbocycles. The topological polar surface area (TPSA) is 23.6 Å². The maximum absolute atomic E-state index is 10.7. The largest absolute Gasteiger partial charge is 0.287 e. The predicted octanol–water partition coefficient (Wildman–Crippen LogP) is -0.462. The molecule has 0 heterocycles. The molecular weight excluding hydrogens is 115 g/mol. The lowest BCUT2D eigenvalue weighted by Gasteiger charge is -2.26. The van der Waals surface area contributed by atoms with Crippen LogP contribution in [0.3, 0.4) is 0 Å². The van der Waals surface area contributed by atoms with E-state index in [0.717, 1.165) is 6.54 Å². The van der Waals surface area contributed by atoms with Crippen LogP contribution in [0.5, 0.6) is 0 Å². The van der Waals surface area contributed by atoms with Crippen molar-refractivity contribution in [3.63, 3.8) is 0 Å². The quantitative estimate of drug-likeness (QED) is 0.371. The van der Waals surface area contributed by atoms with Gasteiger partial charge in [0.2, 0.25) is 7.85 Å². The van der Waals surface area contributed by atoms with Gasteiger partial charge >= 0.3 is 0 Å². The van der Waals surface area contributed by atoms with E-state index in [1.165, 1.54) is 0 Å². The molecule has 1 amide bonds. The highest BCUT2D eigenvalue weighted by atomic mass is 16.2. The number of hydrazine groups is 1. The summed E-state index contributed by atoms with van der Waals surface area (Å²) in [4.78, 5) is 10.7. The average molecular weight is 128 g/mol. The average Bonchev–Trinajstić information content (AvgIpc) is 1.64. The monoisotopic (exact) mass is 128 g/mol. The Morgan fingerprint density at radius 1 is 1.56 bits per heavy atom. The van der Waals surface area contributed by atoms with Crippen LogP contribution in [0.2, 0.25) is 0 Å². The molecule has 0 rings (SSSR count). The number of nitrogens with zero attached hydrogens (tertiary/aromatic N) is 2. The smallest absolute Gasteiger partial charge is 0.217 e. The molecule has 0 saturated carbocycles. The van der Waals surface area contributed by atoms with Crippen LogP contribution in [0, 0.1) is 0 Å². The van der Waals surface area contributed by atoms with Crippen molar-refractivity contribution in [2.24, 2.45) is 0 Å². The highest BCUT2D eigenvalue weighted by Gasteiger charge is 2.05. The zero-order valence-electron chi connectivity index (χ0n) is 6.51. The van der Waals surface area contributed by atoms with Gasteiger partial charge in [-0.1, -0.05) is 0 Å². The lowest BCUT2D eigenvalue weighted by molar-refractivity contribution is 0.0837. The van der Waals surface area contributed by atoms with Gasteiger partial charge in [0.05, 0.1) is 0 Å². The number of hydrogen-bond donors (Lipinski definition) is 0. The summed E-state index contributed by atoms with van der Waals surface area (Å²) in [5.41, 5.74) is 0. The molecule has 0 aromatic heterocycles. The maximum Gasteiger partial charge on any atom is 0.217 e. The number of carbonyl (C=O) groups excluding carboxylic acids is 1. The first-order valence-corrected chi connectivity index (χ1v) is 3.05. The molecule has 0 radical (unpaired) electrons. The fourth-order valence-corrected chi connectivity index (χ4v) is 0.787. The molecule has 0 aromatic rings. The van der Waals surface area contributed by atoms with Gasteiger partial charge in [0.25, 0.3) is 0 Å². The van der Waals surface area contributed by atoms with Crippen LogP contribution in [-0.4, -0.2) is 44.3 Å². The van der Waals surface area contributed by atoms with Crippen LogP contribution in [0.4, 0.5) is 4.79 Å². The van der Waals surface area contributed by atoms with Crippen LogP contribution in [0.25, 0.3) is 0 Å². The number of amides is 1. The Bertz CT molecular complexity index is 105. The van der Waals surface area contributed by atoms with Crippen molar-refractivity contribution in [2.45, 2.75) is 6.92 Å². The molecule has 52 valence electrons. The van der Waals surface area contributed by atoms with E-state index in [0.29, 0.717) is 0 Å². The molecule has 3 nitrogen and oxygen atoms in total. The van der Waals surface area contributed by atoms with E-state index in [9.17, 15) is 4.79 Å². The Morgan fingerprint density at radius 2 is 2.00 bits per heavy atom. The van der Waals surface area contributed by atoms with Gasteiger partial charge in [-0.2, -0.15) is 0 Å². The normalized spacial score (nSPS) is 9.78. The van der Waals surface area contributed by atoms with Crippen molar-refractivity contribution in [3.8, 4) is 0 Å². The van der Waals surface area contributed by atoms with Crippen molar-refractivity contribution in [3.05, 3.63) is 0 Å². The molecular formula is C5H13BN2O. The van der Waals surface area contributed by atoms with Crippen molar-refractivity contribution < 1.29 is 4.79 Å². The summed E-state index contributed by atoms with van der Waals surface area (Å²) in [5.74, 6) is 0.0856. The first-order valence-electron chi connectivity index (χ1n) is 3.05. The Labute approximate surface area is 57.0 Å². The molecule has 0 N–H and O–H groups in total. The second kappa shape index (κ2) is 3.51. The minimum Gasteiger partial charge on any atom is -0.287 e. The van der Waals surface area contributed by atoms with Gasteiger partial charge in [-0.05, 0) is 6.92 Å². The molecule has 0 spiro atoms. The summed E-state index contributed by atoms with van der Waals surface area (Å²) in [6.07, 6.45) is 0. The molecule has 0 aromatic carbocycles. The lowest BCUT2D eigenvalue weighted by Crippen LogP contribution is -2.40. The van der Waals surface area contributed by atoms with Crippen molar-refractivity contribution in [1.29, 1.82) is 0 Å². The Morgan fingerprint density at radius 3 is 2.00 bits per heavy atom. The van der Waals surface area contributed by atoms with Gasteiger partial charge in [-0.25, -0.2) is 5.01 Å².